The van der Waals surface area contributed by atoms with Crippen molar-refractivity contribution in [3.05, 3.63) is 52.3 Å². The van der Waals surface area contributed by atoms with Gasteiger partial charge in [0.1, 0.15) is 5.82 Å². The number of fused-ring (bicyclic) bond motifs is 1. The lowest BCUT2D eigenvalue weighted by Crippen LogP contribution is -2.16. The summed E-state index contributed by atoms with van der Waals surface area (Å²) in [4.78, 5) is 35.5. The highest BCUT2D eigenvalue weighted by Gasteiger charge is 2.21. The van der Waals surface area contributed by atoms with E-state index < -0.39 is 24.2 Å². The highest BCUT2D eigenvalue weighted by atomic mass is 35.5. The number of nitrogens with one attached hydrogen (secondary N) is 1. The molecule has 9 heteroatoms. The largest absolute Gasteiger partial charge is 0.489 e. The minimum Gasteiger partial charge on any atom is -0.489 e. The molecule has 0 radical (unpaired) electrons. The molecule has 0 unspecified atom stereocenters. The molecule has 3 rings (SSSR count). The predicted molar refractivity (Wildman–Crippen MR) is 102 cm³/mol. The van der Waals surface area contributed by atoms with Crippen molar-refractivity contribution >= 4 is 34.9 Å². The van der Waals surface area contributed by atoms with Gasteiger partial charge in [0.15, 0.2) is 18.1 Å². The number of hydrogen-bond donors (Lipinski definition) is 1. The molecule has 0 saturated carbocycles. The van der Waals surface area contributed by atoms with Crippen LogP contribution < -0.4 is 14.8 Å². The fourth-order valence-electron chi connectivity index (χ4n) is 2.66. The average molecular weight is 422 g/mol. The van der Waals surface area contributed by atoms with Crippen LogP contribution in [-0.2, 0) is 9.53 Å². The first-order valence-corrected chi connectivity index (χ1v) is 9.09. The molecule has 0 bridgehead atoms. The average Bonchev–Trinajstić information content (AvgIpc) is 2.91. The summed E-state index contributed by atoms with van der Waals surface area (Å²) in [5.74, 6) is -2.09. The maximum atomic E-state index is 14.1. The number of halogens is 2. The lowest BCUT2D eigenvalue weighted by atomic mass is 10.1. The topological polar surface area (TPSA) is 90.9 Å². The number of benzene rings is 2. The first kappa shape index (κ1) is 20.6. The van der Waals surface area contributed by atoms with Crippen LogP contribution in [0.1, 0.15) is 34.1 Å². The van der Waals surface area contributed by atoms with E-state index in [1.807, 2.05) is 0 Å². The molecule has 1 N–H and O–H groups in total. The van der Waals surface area contributed by atoms with E-state index in [4.69, 9.17) is 25.8 Å². The molecule has 152 valence electrons. The van der Waals surface area contributed by atoms with E-state index in [-0.39, 0.29) is 27.7 Å². The monoisotopic (exact) mass is 421 g/mol. The molecule has 1 aliphatic heterocycles. The second kappa shape index (κ2) is 8.91. The smallest absolute Gasteiger partial charge is 0.338 e. The molecule has 1 heterocycles. The van der Waals surface area contributed by atoms with Crippen molar-refractivity contribution in [2.24, 2.45) is 0 Å². The second-order valence-corrected chi connectivity index (χ2v) is 6.62. The number of Topliss-reactive ketones (excluding diaryl/α,β-unsaturated/α-hetero) is 1. The van der Waals surface area contributed by atoms with Gasteiger partial charge in [-0.05, 0) is 30.3 Å². The summed E-state index contributed by atoms with van der Waals surface area (Å²) in [5.41, 5.74) is 0.0301. The SMILES string of the molecule is CC(=O)Nc1ccc(C(=O)COC(=O)c2cc(Cl)c3c(c2)OCCCO3)c(F)c1. The van der Waals surface area contributed by atoms with Gasteiger partial charge in [-0.2, -0.15) is 0 Å². The number of amides is 1. The first-order valence-electron chi connectivity index (χ1n) is 8.72. The number of rotatable bonds is 5. The highest BCUT2D eigenvalue weighted by molar-refractivity contribution is 6.32. The van der Waals surface area contributed by atoms with E-state index in [2.05, 4.69) is 5.32 Å². The molecule has 29 heavy (non-hydrogen) atoms. The van der Waals surface area contributed by atoms with Gasteiger partial charge in [-0.1, -0.05) is 11.6 Å². The third kappa shape index (κ3) is 5.03. The molecule has 0 aliphatic carbocycles. The summed E-state index contributed by atoms with van der Waals surface area (Å²) < 4.78 is 30.1. The number of ketones is 1. The van der Waals surface area contributed by atoms with Gasteiger partial charge in [0.25, 0.3) is 0 Å². The van der Waals surface area contributed by atoms with Crippen LogP contribution in [0, 0.1) is 5.82 Å². The van der Waals surface area contributed by atoms with Gasteiger partial charge >= 0.3 is 5.97 Å². The van der Waals surface area contributed by atoms with E-state index in [0.717, 1.165) is 6.07 Å². The van der Waals surface area contributed by atoms with Gasteiger partial charge < -0.3 is 19.5 Å². The maximum absolute atomic E-state index is 14.1. The molecule has 0 fully saturated rings. The van der Waals surface area contributed by atoms with E-state index in [1.54, 1.807) is 0 Å². The minimum atomic E-state index is -0.837. The van der Waals surface area contributed by atoms with Crippen LogP contribution in [-0.4, -0.2) is 37.5 Å². The molecule has 1 amide bonds. The van der Waals surface area contributed by atoms with E-state index in [9.17, 15) is 18.8 Å². The zero-order valence-corrected chi connectivity index (χ0v) is 16.2. The lowest BCUT2D eigenvalue weighted by molar-refractivity contribution is -0.114. The van der Waals surface area contributed by atoms with Gasteiger partial charge in [-0.25, -0.2) is 9.18 Å². The second-order valence-electron chi connectivity index (χ2n) is 6.21. The maximum Gasteiger partial charge on any atom is 0.338 e. The van der Waals surface area contributed by atoms with E-state index >= 15 is 0 Å². The first-order chi connectivity index (χ1) is 13.8. The van der Waals surface area contributed by atoms with Crippen molar-refractivity contribution in [1.29, 1.82) is 0 Å². The van der Waals surface area contributed by atoms with Crippen molar-refractivity contribution in [1.82, 2.24) is 0 Å². The normalized spacial score (nSPS) is 12.7. The zero-order chi connectivity index (χ0) is 21.0. The molecule has 1 aliphatic rings. The van der Waals surface area contributed by atoms with Gasteiger partial charge in [-0.3, -0.25) is 9.59 Å². The van der Waals surface area contributed by atoms with Crippen molar-refractivity contribution in [3.8, 4) is 11.5 Å². The summed E-state index contributed by atoms with van der Waals surface area (Å²) in [6.45, 7) is 1.47. The van der Waals surface area contributed by atoms with Crippen LogP contribution in [0.3, 0.4) is 0 Å². The molecule has 0 aromatic heterocycles. The predicted octanol–water partition coefficient (Wildman–Crippen LogP) is 3.64. The minimum absolute atomic E-state index is 0.0773. The van der Waals surface area contributed by atoms with Crippen molar-refractivity contribution in [2.45, 2.75) is 13.3 Å². The Labute approximate surface area is 170 Å². The van der Waals surface area contributed by atoms with E-state index in [1.165, 1.54) is 31.2 Å². The van der Waals surface area contributed by atoms with Gasteiger partial charge in [0.05, 0.1) is 29.4 Å². The number of carbonyl (C=O) groups is 3. The number of carbonyl (C=O) groups excluding carboxylic acids is 3. The fourth-order valence-corrected chi connectivity index (χ4v) is 2.93. The molecule has 2 aromatic carbocycles. The lowest BCUT2D eigenvalue weighted by Gasteiger charge is -2.11. The molecule has 7 nitrogen and oxygen atoms in total. The quantitative estimate of drug-likeness (QED) is 0.585. The van der Waals surface area contributed by atoms with Crippen LogP contribution in [0.25, 0.3) is 0 Å². The van der Waals surface area contributed by atoms with Gasteiger partial charge in [0.2, 0.25) is 11.7 Å². The van der Waals surface area contributed by atoms with Crippen molar-refractivity contribution in [2.75, 3.05) is 25.1 Å². The van der Waals surface area contributed by atoms with Crippen LogP contribution >= 0.6 is 11.6 Å². The molecule has 0 spiro atoms. The summed E-state index contributed by atoms with van der Waals surface area (Å²) >= 11 is 6.13. The Bertz CT molecular complexity index is 978. The van der Waals surface area contributed by atoms with Crippen molar-refractivity contribution in [3.63, 3.8) is 0 Å². The Morgan fingerprint density at radius 1 is 1.17 bits per heavy atom. The zero-order valence-electron chi connectivity index (χ0n) is 15.4. The summed E-state index contributed by atoms with van der Waals surface area (Å²) in [6.07, 6.45) is 0.672. The third-order valence-electron chi connectivity index (χ3n) is 3.96. The molecule has 2 aromatic rings. The highest BCUT2D eigenvalue weighted by Crippen LogP contribution is 2.38. The Balaban J connectivity index is 1.68. The number of esters is 1. The van der Waals surface area contributed by atoms with Crippen LogP contribution in [0.4, 0.5) is 10.1 Å². The Morgan fingerprint density at radius 2 is 1.93 bits per heavy atom. The molecule has 0 saturated heterocycles. The number of ether oxygens (including phenoxy) is 3. The van der Waals surface area contributed by atoms with E-state index in [0.29, 0.717) is 31.1 Å². The Morgan fingerprint density at radius 3 is 2.66 bits per heavy atom. The summed E-state index contributed by atoms with van der Waals surface area (Å²) in [5, 5.41) is 2.59. The molecular formula is C20H17ClFNO6. The number of hydrogen-bond acceptors (Lipinski definition) is 6. The summed E-state index contributed by atoms with van der Waals surface area (Å²) in [7, 11) is 0. The van der Waals surface area contributed by atoms with Crippen LogP contribution in [0.15, 0.2) is 30.3 Å². The Kier molecular flexibility index (Phi) is 6.33. The fraction of sp³-hybridized carbons (Fsp3) is 0.250. The third-order valence-corrected chi connectivity index (χ3v) is 4.24. The standard InChI is InChI=1S/C20H17ClFNO6/c1-11(24)23-13-3-4-14(16(22)9-13)17(25)10-29-20(26)12-7-15(21)19-18(8-12)27-5-2-6-28-19/h3-4,7-9H,2,5-6,10H2,1H3,(H,23,24). The van der Waals surface area contributed by atoms with Crippen LogP contribution in [0.2, 0.25) is 5.02 Å². The summed E-state index contributed by atoms with van der Waals surface area (Å²) in [6, 6.07) is 6.37. The Hall–Kier alpha value is -3.13. The van der Waals surface area contributed by atoms with Crippen LogP contribution in [0.5, 0.6) is 11.5 Å². The van der Waals surface area contributed by atoms with Crippen molar-refractivity contribution < 1.29 is 33.0 Å². The van der Waals surface area contributed by atoms with Gasteiger partial charge in [0, 0.05) is 19.0 Å². The van der Waals surface area contributed by atoms with Gasteiger partial charge in [-0.15, -0.1) is 0 Å². The number of anilines is 1. The molecule has 0 atom stereocenters. The molecular weight excluding hydrogens is 405 g/mol.